The van der Waals surface area contributed by atoms with E-state index in [1.807, 2.05) is 77.9 Å². The number of amides is 6. The maximum absolute atomic E-state index is 14.5. The Morgan fingerprint density at radius 1 is 0.611 bits per heavy atom. The molecule has 2 saturated heterocycles. The molecule has 0 saturated carbocycles. The van der Waals surface area contributed by atoms with Crippen LogP contribution in [0.2, 0.25) is 0 Å². The van der Waals surface area contributed by atoms with Gasteiger partial charge >= 0.3 is 0 Å². The van der Waals surface area contributed by atoms with E-state index in [1.165, 1.54) is 11.1 Å². The molecule has 390 valence electrons. The molecule has 72 heavy (non-hydrogen) atoms. The summed E-state index contributed by atoms with van der Waals surface area (Å²) in [5.41, 5.74) is 3.26. The fraction of sp³-hybridized carbons (Fsp3) is 0.607. The van der Waals surface area contributed by atoms with Crippen LogP contribution in [0.5, 0.6) is 0 Å². The second-order valence-corrected chi connectivity index (χ2v) is 21.9. The summed E-state index contributed by atoms with van der Waals surface area (Å²) in [5, 5.41) is 18.2. The summed E-state index contributed by atoms with van der Waals surface area (Å²) in [6, 6.07) is 11.3. The summed E-state index contributed by atoms with van der Waals surface area (Å²) in [6.45, 7) is 15.0. The van der Waals surface area contributed by atoms with Gasteiger partial charge in [-0.05, 0) is 111 Å². The number of fused-ring (bicyclic) bond motifs is 2. The van der Waals surface area contributed by atoms with Crippen molar-refractivity contribution in [2.45, 2.75) is 167 Å². The third kappa shape index (κ3) is 14.0. The minimum Gasteiger partial charge on any atom is -0.364 e. The molecule has 6 rings (SSSR count). The normalized spacial score (nSPS) is 23.3. The highest BCUT2D eigenvalue weighted by Crippen LogP contribution is 2.34. The molecule has 0 spiro atoms. The topological polar surface area (TPSA) is 200 Å². The number of benzene rings is 2. The van der Waals surface area contributed by atoms with Gasteiger partial charge in [0.05, 0.1) is 36.4 Å². The van der Waals surface area contributed by atoms with Crippen LogP contribution in [-0.2, 0) is 51.1 Å². The molecule has 10 atom stereocenters. The SMILES string of the molecule is CN[C@@H](C)C(=O)NC(C(=O)N1C[C@@H](OCC#CC#CCO[C@H]2C[C@@H](C(=O)N[C@@H]3CCCc4ccccc43)N(C(=O)C(NC(=O)[C@H](C)NC)C(C)(C)C)C2)C[C@H]1C(=O)N[C@@H]1CCCc2ccccc21)C(C)(C)C. The van der Waals surface area contributed by atoms with E-state index in [4.69, 9.17) is 9.47 Å². The number of hydrogen-bond donors (Lipinski definition) is 6. The molecule has 2 aliphatic heterocycles. The summed E-state index contributed by atoms with van der Waals surface area (Å²) in [4.78, 5) is 86.6. The van der Waals surface area contributed by atoms with Crippen molar-refractivity contribution in [1.82, 2.24) is 41.7 Å². The molecule has 2 fully saturated rings. The van der Waals surface area contributed by atoms with Gasteiger partial charge in [-0.3, -0.25) is 28.8 Å². The summed E-state index contributed by atoms with van der Waals surface area (Å²) in [5.74, 6) is 9.58. The highest BCUT2D eigenvalue weighted by molar-refractivity contribution is 5.95. The number of rotatable bonds is 16. The predicted octanol–water partition coefficient (Wildman–Crippen LogP) is 3.63. The molecule has 2 aromatic carbocycles. The van der Waals surface area contributed by atoms with Crippen molar-refractivity contribution in [3.63, 3.8) is 0 Å². The zero-order chi connectivity index (χ0) is 52.3. The molecule has 2 unspecified atom stereocenters. The van der Waals surface area contributed by atoms with Crippen LogP contribution in [-0.4, -0.2) is 134 Å². The van der Waals surface area contributed by atoms with Gasteiger partial charge in [0.15, 0.2) is 0 Å². The van der Waals surface area contributed by atoms with E-state index in [0.29, 0.717) is 0 Å². The van der Waals surface area contributed by atoms with Crippen molar-refractivity contribution < 1.29 is 38.2 Å². The van der Waals surface area contributed by atoms with Crippen molar-refractivity contribution in [1.29, 1.82) is 0 Å². The third-order valence-electron chi connectivity index (χ3n) is 14.5. The second-order valence-electron chi connectivity index (χ2n) is 21.9. The van der Waals surface area contributed by atoms with Gasteiger partial charge in [0.25, 0.3) is 0 Å². The highest BCUT2D eigenvalue weighted by Gasteiger charge is 2.48. The number of aryl methyl sites for hydroxylation is 2. The zero-order valence-corrected chi connectivity index (χ0v) is 44.0. The number of likely N-dealkylation sites (N-methyl/N-ethyl adjacent to an activating group) is 2. The molecule has 0 bridgehead atoms. The molecule has 2 aliphatic carbocycles. The lowest BCUT2D eigenvalue weighted by molar-refractivity contribution is -0.144. The number of nitrogens with one attached hydrogen (secondary N) is 6. The fourth-order valence-electron chi connectivity index (χ4n) is 10.1. The standard InChI is InChI=1S/C56H78N8O8/c1-35(57-9)49(65)61-47(55(3,4)5)53(69)63-33-39(31-45(63)51(67)59-43-27-19-23-37-21-13-15-25-41(37)43)71-29-17-11-12-18-30-72-40-32-46(52(68)60-44-28-20-24-38-22-14-16-26-42(38)44)64(34-40)54(70)48(56(6,7)8)62-50(66)36(2)58-10/h13-16,21-22,25-26,35-36,39-40,43-48,57-58H,19-20,23-24,27-34H2,1-10H3,(H,59,67)(H,60,68)(H,61,65)(H,62,66)/t35-,36-,39-,40-,43+,44+,45-,46-,47?,48?/m0/s1. The molecule has 6 N–H and O–H groups in total. The van der Waals surface area contributed by atoms with Gasteiger partial charge in [0, 0.05) is 25.9 Å². The van der Waals surface area contributed by atoms with Gasteiger partial charge in [-0.2, -0.15) is 0 Å². The third-order valence-corrected chi connectivity index (χ3v) is 14.5. The van der Waals surface area contributed by atoms with Crippen LogP contribution in [0.15, 0.2) is 48.5 Å². The Morgan fingerprint density at radius 3 is 1.35 bits per heavy atom. The minimum atomic E-state index is -0.904. The lowest BCUT2D eigenvalue weighted by Crippen LogP contribution is -2.59. The maximum Gasteiger partial charge on any atom is 0.246 e. The van der Waals surface area contributed by atoms with E-state index < -0.39 is 59.3 Å². The molecular formula is C56H78N8O8. The van der Waals surface area contributed by atoms with Crippen molar-refractivity contribution in [3.05, 3.63) is 70.8 Å². The van der Waals surface area contributed by atoms with E-state index >= 15 is 0 Å². The highest BCUT2D eigenvalue weighted by atomic mass is 16.5. The monoisotopic (exact) mass is 991 g/mol. The van der Waals surface area contributed by atoms with Gasteiger partial charge in [-0.15, -0.1) is 0 Å². The average molecular weight is 991 g/mol. The average Bonchev–Trinajstić information content (AvgIpc) is 3.99. The molecule has 2 heterocycles. The quantitative estimate of drug-likeness (QED) is 0.135. The maximum atomic E-state index is 14.5. The number of carbonyl (C=O) groups is 6. The molecule has 16 heteroatoms. The van der Waals surface area contributed by atoms with Crippen molar-refractivity contribution >= 4 is 35.4 Å². The zero-order valence-electron chi connectivity index (χ0n) is 44.0. The first-order chi connectivity index (χ1) is 34.2. The van der Waals surface area contributed by atoms with Crippen LogP contribution >= 0.6 is 0 Å². The second kappa shape index (κ2) is 24.8. The van der Waals surface area contributed by atoms with Crippen LogP contribution in [0.1, 0.15) is 128 Å². The fourth-order valence-corrected chi connectivity index (χ4v) is 10.1. The number of hydrogen-bond acceptors (Lipinski definition) is 10. The van der Waals surface area contributed by atoms with Gasteiger partial charge in [0.2, 0.25) is 35.4 Å². The first-order valence-corrected chi connectivity index (χ1v) is 25.7. The number of ether oxygens (including phenoxy) is 2. The van der Waals surface area contributed by atoms with E-state index in [9.17, 15) is 28.8 Å². The first-order valence-electron chi connectivity index (χ1n) is 25.7. The summed E-state index contributed by atoms with van der Waals surface area (Å²) in [6.07, 6.45) is 4.81. The lowest BCUT2D eigenvalue weighted by Gasteiger charge is -2.36. The van der Waals surface area contributed by atoms with Gasteiger partial charge in [-0.25, -0.2) is 0 Å². The van der Waals surface area contributed by atoms with Crippen LogP contribution in [0.4, 0.5) is 0 Å². The van der Waals surface area contributed by atoms with Gasteiger partial charge < -0.3 is 51.2 Å². The predicted molar refractivity (Wildman–Crippen MR) is 276 cm³/mol. The van der Waals surface area contributed by atoms with E-state index in [-0.39, 0.29) is 86.7 Å². The molecule has 2 aromatic rings. The molecule has 6 amide bonds. The first kappa shape index (κ1) is 55.5. The van der Waals surface area contributed by atoms with Crippen LogP contribution < -0.4 is 31.9 Å². The summed E-state index contributed by atoms with van der Waals surface area (Å²) < 4.78 is 12.4. The summed E-state index contributed by atoms with van der Waals surface area (Å²) in [7, 11) is 3.36. The Hall–Kier alpha value is -5.78. The molecule has 16 nitrogen and oxygen atoms in total. The Balaban J connectivity index is 1.10. The van der Waals surface area contributed by atoms with Crippen molar-refractivity contribution in [3.8, 4) is 23.7 Å². The smallest absolute Gasteiger partial charge is 0.246 e. The largest absolute Gasteiger partial charge is 0.364 e. The number of nitrogens with zero attached hydrogens (tertiary/aromatic N) is 2. The lowest BCUT2D eigenvalue weighted by atomic mass is 9.85. The number of carbonyl (C=O) groups excluding carboxylic acids is 6. The number of likely N-dealkylation sites (tertiary alicyclic amines) is 2. The minimum absolute atomic E-state index is 0.00771. The van der Waals surface area contributed by atoms with Crippen LogP contribution in [0.3, 0.4) is 0 Å². The Labute approximate surface area is 427 Å². The van der Waals surface area contributed by atoms with Gasteiger partial charge in [-0.1, -0.05) is 102 Å². The molecular weight excluding hydrogens is 913 g/mol. The van der Waals surface area contributed by atoms with Gasteiger partial charge in [0.1, 0.15) is 37.4 Å². The Morgan fingerprint density at radius 2 is 0.986 bits per heavy atom. The molecule has 4 aliphatic rings. The van der Waals surface area contributed by atoms with Crippen molar-refractivity contribution in [2.24, 2.45) is 10.8 Å². The Bertz CT molecular complexity index is 2240. The van der Waals surface area contributed by atoms with E-state index in [0.717, 1.165) is 49.7 Å². The van der Waals surface area contributed by atoms with Crippen molar-refractivity contribution in [2.75, 3.05) is 40.4 Å². The summed E-state index contributed by atoms with van der Waals surface area (Å²) >= 11 is 0. The van der Waals surface area contributed by atoms with Crippen LogP contribution in [0.25, 0.3) is 0 Å². The van der Waals surface area contributed by atoms with Crippen LogP contribution in [0, 0.1) is 34.5 Å². The molecule has 0 radical (unpaired) electrons. The Kier molecular flexibility index (Phi) is 19.1. The van der Waals surface area contributed by atoms with E-state index in [1.54, 1.807) is 37.7 Å². The van der Waals surface area contributed by atoms with E-state index in [2.05, 4.69) is 67.7 Å². The molecule has 0 aromatic heterocycles.